The highest BCUT2D eigenvalue weighted by Crippen LogP contribution is 2.33. The quantitative estimate of drug-likeness (QED) is 0.395. The Morgan fingerprint density at radius 2 is 2.16 bits per heavy atom. The molecule has 0 spiro atoms. The molecule has 0 aliphatic carbocycles. The maximum Gasteiger partial charge on any atom is 0.193 e. The Hall–Kier alpha value is -0.0800. The van der Waals surface area contributed by atoms with Gasteiger partial charge >= 0.3 is 0 Å². The molecule has 5 nitrogen and oxygen atoms in total. The van der Waals surface area contributed by atoms with E-state index in [9.17, 15) is 0 Å². The number of guanidine groups is 1. The lowest BCUT2D eigenvalue weighted by Gasteiger charge is -2.42. The average Bonchev–Trinajstić information content (AvgIpc) is 3.03. The van der Waals surface area contributed by atoms with E-state index in [1.807, 2.05) is 7.05 Å². The zero-order valence-corrected chi connectivity index (χ0v) is 18.6. The molecule has 1 N–H and O–H groups in total. The third-order valence-electron chi connectivity index (χ3n) is 6.10. The number of hydrogen-bond acceptors (Lipinski definition) is 3. The molecule has 0 aromatic rings. The second-order valence-electron chi connectivity index (χ2n) is 8.26. The lowest BCUT2D eigenvalue weighted by atomic mass is 9.78. The second kappa shape index (κ2) is 9.74. The molecular formula is C19H37IN4O. The normalized spacial score (nSPS) is 33.7. The Balaban J connectivity index is 0.00000225. The van der Waals surface area contributed by atoms with Crippen LogP contribution < -0.4 is 5.32 Å². The topological polar surface area (TPSA) is 40.1 Å². The molecule has 0 radical (unpaired) electrons. The number of fused-ring (bicyclic) bond motifs is 1. The van der Waals surface area contributed by atoms with Crippen LogP contribution in [0.15, 0.2) is 4.99 Å². The fourth-order valence-electron chi connectivity index (χ4n) is 4.85. The second-order valence-corrected chi connectivity index (χ2v) is 8.26. The van der Waals surface area contributed by atoms with E-state index in [0.29, 0.717) is 17.6 Å². The molecular weight excluding hydrogens is 427 g/mol. The van der Waals surface area contributed by atoms with E-state index >= 15 is 0 Å². The molecule has 3 aliphatic rings. The number of nitrogens with one attached hydrogen (secondary N) is 1. The van der Waals surface area contributed by atoms with E-state index in [1.165, 1.54) is 45.1 Å². The lowest BCUT2D eigenvalue weighted by molar-refractivity contribution is -0.0455. The van der Waals surface area contributed by atoms with Crippen molar-refractivity contribution >= 4 is 29.9 Å². The van der Waals surface area contributed by atoms with Crippen LogP contribution in [0.5, 0.6) is 0 Å². The summed E-state index contributed by atoms with van der Waals surface area (Å²) in [7, 11) is 1.91. The summed E-state index contributed by atoms with van der Waals surface area (Å²) in [5, 5.41) is 3.59. The van der Waals surface area contributed by atoms with Crippen LogP contribution in [0.4, 0.5) is 0 Å². The number of likely N-dealkylation sites (tertiary alicyclic amines) is 1. The number of morpholine rings is 1. The lowest BCUT2D eigenvalue weighted by Crippen LogP contribution is -2.54. The van der Waals surface area contributed by atoms with Gasteiger partial charge in [-0.2, -0.15) is 0 Å². The molecule has 3 saturated heterocycles. The first-order valence-corrected chi connectivity index (χ1v) is 9.95. The van der Waals surface area contributed by atoms with Crippen molar-refractivity contribution in [2.24, 2.45) is 10.4 Å². The van der Waals surface area contributed by atoms with Crippen LogP contribution in [-0.4, -0.2) is 74.3 Å². The average molecular weight is 464 g/mol. The van der Waals surface area contributed by atoms with Gasteiger partial charge in [-0.05, 0) is 44.1 Å². The van der Waals surface area contributed by atoms with Gasteiger partial charge in [-0.25, -0.2) is 0 Å². The smallest absolute Gasteiger partial charge is 0.193 e. The molecule has 3 aliphatic heterocycles. The van der Waals surface area contributed by atoms with E-state index in [4.69, 9.17) is 4.74 Å². The van der Waals surface area contributed by atoms with Crippen LogP contribution in [0.1, 0.15) is 52.4 Å². The van der Waals surface area contributed by atoms with Crippen LogP contribution in [0.2, 0.25) is 0 Å². The molecule has 3 fully saturated rings. The van der Waals surface area contributed by atoms with Crippen molar-refractivity contribution < 1.29 is 4.74 Å². The van der Waals surface area contributed by atoms with E-state index in [-0.39, 0.29) is 24.0 Å². The highest BCUT2D eigenvalue weighted by atomic mass is 127. The van der Waals surface area contributed by atoms with Crippen LogP contribution >= 0.6 is 24.0 Å². The van der Waals surface area contributed by atoms with Crippen molar-refractivity contribution in [2.45, 2.75) is 64.5 Å². The van der Waals surface area contributed by atoms with Gasteiger partial charge in [-0.1, -0.05) is 20.3 Å². The minimum atomic E-state index is 0. The number of halogens is 1. The molecule has 0 bridgehead atoms. The minimum absolute atomic E-state index is 0. The van der Waals surface area contributed by atoms with Crippen molar-refractivity contribution in [3.8, 4) is 0 Å². The fourth-order valence-corrected chi connectivity index (χ4v) is 4.85. The van der Waals surface area contributed by atoms with Gasteiger partial charge in [-0.3, -0.25) is 9.89 Å². The van der Waals surface area contributed by atoms with Crippen molar-refractivity contribution in [3.05, 3.63) is 0 Å². The summed E-state index contributed by atoms with van der Waals surface area (Å²) in [5.74, 6) is 1.06. The number of aliphatic imine (C=N–C) groups is 1. The molecule has 0 aromatic heterocycles. The summed E-state index contributed by atoms with van der Waals surface area (Å²) in [6, 6.07) is 0.678. The maximum atomic E-state index is 6.08. The fraction of sp³-hybridized carbons (Fsp3) is 0.947. The van der Waals surface area contributed by atoms with Crippen LogP contribution in [0.25, 0.3) is 0 Å². The summed E-state index contributed by atoms with van der Waals surface area (Å²) in [6.45, 7) is 11.1. The van der Waals surface area contributed by atoms with Gasteiger partial charge in [0.25, 0.3) is 0 Å². The summed E-state index contributed by atoms with van der Waals surface area (Å²) in [6.07, 6.45) is 8.13. The largest absolute Gasteiger partial charge is 0.373 e. The van der Waals surface area contributed by atoms with E-state index in [2.05, 4.69) is 34.0 Å². The maximum absolute atomic E-state index is 6.08. The number of hydrogen-bond donors (Lipinski definition) is 1. The van der Waals surface area contributed by atoms with Gasteiger partial charge in [0.15, 0.2) is 5.96 Å². The van der Waals surface area contributed by atoms with Crippen molar-refractivity contribution in [2.75, 3.05) is 46.4 Å². The first kappa shape index (κ1) is 21.2. The molecule has 3 atom stereocenters. The first-order valence-electron chi connectivity index (χ1n) is 9.95. The monoisotopic (exact) mass is 464 g/mol. The molecule has 25 heavy (non-hydrogen) atoms. The highest BCUT2D eigenvalue weighted by molar-refractivity contribution is 14.0. The van der Waals surface area contributed by atoms with Crippen molar-refractivity contribution in [3.63, 3.8) is 0 Å². The zero-order chi connectivity index (χ0) is 17.0. The Morgan fingerprint density at radius 3 is 2.92 bits per heavy atom. The van der Waals surface area contributed by atoms with E-state index in [0.717, 1.165) is 38.7 Å². The Bertz CT molecular complexity index is 443. The summed E-state index contributed by atoms with van der Waals surface area (Å²) < 4.78 is 6.08. The molecule has 3 rings (SSSR count). The molecule has 3 unspecified atom stereocenters. The SMILES string of the molecule is CCCC1(C)CCCN(C(=NC)NCC2CN3CCCC3CO2)C1.I. The van der Waals surface area contributed by atoms with Gasteiger partial charge in [0.1, 0.15) is 0 Å². The third kappa shape index (κ3) is 5.45. The number of ether oxygens (including phenoxy) is 1. The Kier molecular flexibility index (Phi) is 8.27. The highest BCUT2D eigenvalue weighted by Gasteiger charge is 2.34. The number of rotatable bonds is 4. The van der Waals surface area contributed by atoms with E-state index < -0.39 is 0 Å². The van der Waals surface area contributed by atoms with Crippen LogP contribution in [-0.2, 0) is 4.74 Å². The molecule has 0 saturated carbocycles. The number of piperidine rings is 1. The van der Waals surface area contributed by atoms with Gasteiger partial charge in [0, 0.05) is 39.3 Å². The van der Waals surface area contributed by atoms with Gasteiger partial charge < -0.3 is 15.0 Å². The minimum Gasteiger partial charge on any atom is -0.373 e. The predicted molar refractivity (Wildman–Crippen MR) is 115 cm³/mol. The van der Waals surface area contributed by atoms with Gasteiger partial charge in [0.05, 0.1) is 12.7 Å². The zero-order valence-electron chi connectivity index (χ0n) is 16.3. The molecule has 0 aromatic carbocycles. The first-order chi connectivity index (χ1) is 11.6. The molecule has 146 valence electrons. The molecule has 6 heteroatoms. The molecule has 0 amide bonds. The van der Waals surface area contributed by atoms with E-state index in [1.54, 1.807) is 0 Å². The Morgan fingerprint density at radius 1 is 1.32 bits per heavy atom. The predicted octanol–water partition coefficient (Wildman–Crippen LogP) is 2.95. The molecule has 3 heterocycles. The summed E-state index contributed by atoms with van der Waals surface area (Å²) in [5.41, 5.74) is 0.439. The number of nitrogens with zero attached hydrogens (tertiary/aromatic N) is 3. The standard InChI is InChI=1S/C19H36N4O.HI/c1-4-8-19(2)9-6-11-23(15-19)18(20-3)21-12-17-13-22-10-5-7-16(22)14-24-17;/h16-17H,4-15H2,1-3H3,(H,20,21);1H. The van der Waals surface area contributed by atoms with Gasteiger partial charge in [0.2, 0.25) is 0 Å². The van der Waals surface area contributed by atoms with Crippen molar-refractivity contribution in [1.29, 1.82) is 0 Å². The van der Waals surface area contributed by atoms with Crippen LogP contribution in [0.3, 0.4) is 0 Å². The summed E-state index contributed by atoms with van der Waals surface area (Å²) in [4.78, 5) is 9.62. The van der Waals surface area contributed by atoms with Crippen molar-refractivity contribution in [1.82, 2.24) is 15.1 Å². The Labute approximate surface area is 171 Å². The van der Waals surface area contributed by atoms with Crippen LogP contribution in [0, 0.1) is 5.41 Å². The van der Waals surface area contributed by atoms with Gasteiger partial charge in [-0.15, -0.1) is 24.0 Å². The third-order valence-corrected chi connectivity index (χ3v) is 6.10. The summed E-state index contributed by atoms with van der Waals surface area (Å²) >= 11 is 0.